The van der Waals surface area contributed by atoms with Gasteiger partial charge in [-0.2, -0.15) is 5.10 Å². The van der Waals surface area contributed by atoms with Crippen LogP contribution in [-0.4, -0.2) is 63.7 Å². The van der Waals surface area contributed by atoms with Crippen LogP contribution >= 0.6 is 0 Å². The summed E-state index contributed by atoms with van der Waals surface area (Å²) in [5.41, 5.74) is 3.86. The summed E-state index contributed by atoms with van der Waals surface area (Å²) in [6.07, 6.45) is 3.67. The maximum Gasteiger partial charge on any atom is 0.269 e. The van der Waals surface area contributed by atoms with Gasteiger partial charge in [0.1, 0.15) is 5.82 Å². The van der Waals surface area contributed by atoms with Gasteiger partial charge >= 0.3 is 0 Å². The summed E-state index contributed by atoms with van der Waals surface area (Å²) in [6.45, 7) is 3.90. The molecule has 1 N–H and O–H groups in total. The first-order valence-electron chi connectivity index (χ1n) is 12.0. The first-order chi connectivity index (χ1) is 18.0. The summed E-state index contributed by atoms with van der Waals surface area (Å²) in [6, 6.07) is 19.5. The van der Waals surface area contributed by atoms with Crippen LogP contribution in [-0.2, 0) is 11.2 Å². The maximum absolute atomic E-state index is 13.0. The van der Waals surface area contributed by atoms with Crippen LogP contribution in [0.3, 0.4) is 0 Å². The van der Waals surface area contributed by atoms with Gasteiger partial charge in [-0.15, -0.1) is 0 Å². The number of amides is 1. The van der Waals surface area contributed by atoms with Gasteiger partial charge in [0.2, 0.25) is 5.91 Å². The average molecular weight is 498 g/mol. The summed E-state index contributed by atoms with van der Waals surface area (Å²) in [5.74, 6) is 0.255. The van der Waals surface area contributed by atoms with Crippen molar-refractivity contribution < 1.29 is 9.72 Å². The third-order valence-corrected chi connectivity index (χ3v) is 6.40. The van der Waals surface area contributed by atoms with E-state index in [2.05, 4.69) is 27.1 Å². The number of likely N-dealkylation sites (N-methyl/N-ethyl adjacent to an activating group) is 1. The van der Waals surface area contributed by atoms with Gasteiger partial charge in [0.05, 0.1) is 34.6 Å². The molecule has 10 nitrogen and oxygen atoms in total. The number of pyridine rings is 1. The molecule has 3 heterocycles. The molecule has 4 aromatic rings. The molecule has 0 spiro atoms. The second kappa shape index (κ2) is 10.6. The lowest BCUT2D eigenvalue weighted by Gasteiger charge is -2.33. The van der Waals surface area contributed by atoms with Crippen LogP contribution in [0.25, 0.3) is 16.9 Å². The summed E-state index contributed by atoms with van der Waals surface area (Å²) in [7, 11) is 2.12. The highest BCUT2D eigenvalue weighted by molar-refractivity contribution is 5.92. The van der Waals surface area contributed by atoms with Gasteiger partial charge in [-0.05, 0) is 43.4 Å². The number of piperazine rings is 1. The summed E-state index contributed by atoms with van der Waals surface area (Å²) in [5, 5.41) is 18.6. The van der Waals surface area contributed by atoms with Crippen molar-refractivity contribution in [3.8, 4) is 16.9 Å². The van der Waals surface area contributed by atoms with E-state index < -0.39 is 4.92 Å². The van der Waals surface area contributed by atoms with E-state index in [9.17, 15) is 14.9 Å². The summed E-state index contributed by atoms with van der Waals surface area (Å²) in [4.78, 5) is 32.6. The van der Waals surface area contributed by atoms with Gasteiger partial charge in [-0.3, -0.25) is 14.9 Å². The lowest BCUT2D eigenvalue weighted by Crippen LogP contribution is -2.44. The zero-order valence-corrected chi connectivity index (χ0v) is 20.4. The largest absolute Gasteiger partial charge is 0.368 e. The van der Waals surface area contributed by atoms with Gasteiger partial charge in [0, 0.05) is 55.6 Å². The highest BCUT2D eigenvalue weighted by Gasteiger charge is 2.18. The zero-order valence-electron chi connectivity index (χ0n) is 20.4. The number of nitrogens with zero attached hydrogens (tertiary/aromatic N) is 6. The predicted molar refractivity (Wildman–Crippen MR) is 142 cm³/mol. The standard InChI is InChI=1S/C27H27N7O3/c1-31-13-15-32(16-14-31)24-11-12-25(28-18-24)29-26(35)17-21-19-33(22-5-3-2-4-6-22)30-27(21)20-7-9-23(10-8-20)34(36)37/h2-12,18-19H,13-17H2,1H3,(H,28,29,35). The Labute approximate surface area is 214 Å². The Bertz CT molecular complexity index is 1380. The highest BCUT2D eigenvalue weighted by Crippen LogP contribution is 2.26. The average Bonchev–Trinajstić information content (AvgIpc) is 3.33. The molecular weight excluding hydrogens is 470 g/mol. The summed E-state index contributed by atoms with van der Waals surface area (Å²) >= 11 is 0. The smallest absolute Gasteiger partial charge is 0.269 e. The normalized spacial score (nSPS) is 13.9. The molecule has 1 fully saturated rings. The number of aromatic nitrogens is 3. The molecule has 2 aromatic heterocycles. The quantitative estimate of drug-likeness (QED) is 0.306. The van der Waals surface area contributed by atoms with Crippen LogP contribution in [0.15, 0.2) is 79.1 Å². The number of carbonyl (C=O) groups is 1. The van der Waals surface area contributed by atoms with Crippen LogP contribution < -0.4 is 10.2 Å². The van der Waals surface area contributed by atoms with E-state index in [0.29, 0.717) is 22.6 Å². The highest BCUT2D eigenvalue weighted by atomic mass is 16.6. The van der Waals surface area contributed by atoms with Crippen molar-refractivity contribution in [1.29, 1.82) is 0 Å². The zero-order chi connectivity index (χ0) is 25.8. The molecule has 188 valence electrons. The molecule has 0 aliphatic carbocycles. The van der Waals surface area contributed by atoms with Crippen molar-refractivity contribution in [2.75, 3.05) is 43.4 Å². The molecule has 0 bridgehead atoms. The molecule has 0 atom stereocenters. The molecule has 1 aliphatic rings. The number of hydrogen-bond acceptors (Lipinski definition) is 7. The lowest BCUT2D eigenvalue weighted by molar-refractivity contribution is -0.384. The number of rotatable bonds is 7. The van der Waals surface area contributed by atoms with E-state index >= 15 is 0 Å². The molecule has 1 saturated heterocycles. The van der Waals surface area contributed by atoms with Crippen LogP contribution in [0.1, 0.15) is 5.56 Å². The number of para-hydroxylation sites is 1. The Balaban J connectivity index is 1.34. The molecule has 5 rings (SSSR count). The Morgan fingerprint density at radius 2 is 1.70 bits per heavy atom. The van der Waals surface area contributed by atoms with Gasteiger partial charge in [-0.1, -0.05) is 18.2 Å². The van der Waals surface area contributed by atoms with E-state index in [-0.39, 0.29) is 18.0 Å². The molecule has 37 heavy (non-hydrogen) atoms. The van der Waals surface area contributed by atoms with Crippen molar-refractivity contribution in [2.45, 2.75) is 6.42 Å². The SMILES string of the molecule is CN1CCN(c2ccc(NC(=O)Cc3cn(-c4ccccc4)nc3-c3ccc([N+](=O)[O-])cc3)nc2)CC1. The second-order valence-electron chi connectivity index (χ2n) is 9.00. The lowest BCUT2D eigenvalue weighted by atomic mass is 10.1. The summed E-state index contributed by atoms with van der Waals surface area (Å²) < 4.78 is 1.71. The minimum atomic E-state index is -0.442. The maximum atomic E-state index is 13.0. The Hall–Kier alpha value is -4.57. The number of non-ortho nitro benzene ring substituents is 1. The monoisotopic (exact) mass is 497 g/mol. The van der Waals surface area contributed by atoms with E-state index in [4.69, 9.17) is 5.10 Å². The van der Waals surface area contributed by atoms with Crippen LogP contribution in [0, 0.1) is 10.1 Å². The van der Waals surface area contributed by atoms with Gasteiger partial charge in [0.15, 0.2) is 0 Å². The van der Waals surface area contributed by atoms with E-state index in [1.165, 1.54) is 12.1 Å². The number of hydrogen-bond donors (Lipinski definition) is 1. The van der Waals surface area contributed by atoms with Gasteiger partial charge in [-0.25, -0.2) is 9.67 Å². The number of nitrogens with one attached hydrogen (secondary N) is 1. The number of anilines is 2. The molecular formula is C27H27N7O3. The fourth-order valence-electron chi connectivity index (χ4n) is 4.31. The van der Waals surface area contributed by atoms with Crippen molar-refractivity contribution in [1.82, 2.24) is 19.7 Å². The fraction of sp³-hybridized carbons (Fsp3) is 0.222. The third-order valence-electron chi connectivity index (χ3n) is 6.40. The van der Waals surface area contributed by atoms with Crippen molar-refractivity contribution in [2.24, 2.45) is 0 Å². The van der Waals surface area contributed by atoms with Crippen molar-refractivity contribution in [3.63, 3.8) is 0 Å². The fourth-order valence-corrected chi connectivity index (χ4v) is 4.31. The van der Waals surface area contributed by atoms with Crippen molar-refractivity contribution in [3.05, 3.63) is 94.8 Å². The molecule has 10 heteroatoms. The Morgan fingerprint density at radius 1 is 0.973 bits per heavy atom. The van der Waals surface area contributed by atoms with Crippen LogP contribution in [0.2, 0.25) is 0 Å². The van der Waals surface area contributed by atoms with Crippen LogP contribution in [0.5, 0.6) is 0 Å². The molecule has 1 amide bonds. The molecule has 0 radical (unpaired) electrons. The van der Waals surface area contributed by atoms with E-state index in [1.54, 1.807) is 23.0 Å². The minimum Gasteiger partial charge on any atom is -0.368 e. The van der Waals surface area contributed by atoms with Crippen LogP contribution in [0.4, 0.5) is 17.2 Å². The number of nitro groups is 1. The topological polar surface area (TPSA) is 109 Å². The molecule has 2 aromatic carbocycles. The first-order valence-corrected chi connectivity index (χ1v) is 12.0. The van der Waals surface area contributed by atoms with Crippen molar-refractivity contribution >= 4 is 23.1 Å². The molecule has 1 aliphatic heterocycles. The number of benzene rings is 2. The molecule has 0 saturated carbocycles. The van der Waals surface area contributed by atoms with E-state index in [0.717, 1.165) is 37.6 Å². The molecule has 0 unspecified atom stereocenters. The van der Waals surface area contributed by atoms with E-state index in [1.807, 2.05) is 48.7 Å². The predicted octanol–water partition coefficient (Wildman–Crippen LogP) is 3.78. The Morgan fingerprint density at radius 3 is 2.35 bits per heavy atom. The number of nitro benzene ring substituents is 1. The minimum absolute atomic E-state index is 0.00312. The second-order valence-corrected chi connectivity index (χ2v) is 9.00. The third kappa shape index (κ3) is 5.65. The van der Waals surface area contributed by atoms with Gasteiger partial charge in [0.25, 0.3) is 5.69 Å². The first kappa shape index (κ1) is 24.1. The van der Waals surface area contributed by atoms with Gasteiger partial charge < -0.3 is 15.1 Å². The Kier molecular flexibility index (Phi) is 6.91. The number of carbonyl (C=O) groups excluding carboxylic acids is 1.